The lowest BCUT2D eigenvalue weighted by atomic mass is 10.1. The van der Waals surface area contributed by atoms with Crippen LogP contribution in [0.1, 0.15) is 10.4 Å². The normalized spacial score (nSPS) is 14.0. The molecule has 0 bridgehead atoms. The van der Waals surface area contributed by atoms with Gasteiger partial charge in [-0.25, -0.2) is 4.99 Å². The molecule has 6 heteroatoms. The van der Waals surface area contributed by atoms with Crippen LogP contribution in [0.25, 0.3) is 10.9 Å². The van der Waals surface area contributed by atoms with Crippen LogP contribution in [-0.4, -0.2) is 37.4 Å². The van der Waals surface area contributed by atoms with Crippen molar-refractivity contribution >= 4 is 23.1 Å². The number of hydrogen-bond donors (Lipinski definition) is 2. The van der Waals surface area contributed by atoms with Crippen molar-refractivity contribution in [3.05, 3.63) is 47.8 Å². The number of aliphatic imine (C=N–C) groups is 1. The number of likely N-dealkylation sites (N-methyl/N-ethyl adjacent to an activating group) is 1. The van der Waals surface area contributed by atoms with Crippen LogP contribution in [0.3, 0.4) is 0 Å². The van der Waals surface area contributed by atoms with Gasteiger partial charge in [0.1, 0.15) is 12.4 Å². The van der Waals surface area contributed by atoms with E-state index in [1.54, 1.807) is 18.3 Å². The molecule has 1 aliphatic rings. The number of aromatic nitrogens is 1. The maximum absolute atomic E-state index is 11.0. The van der Waals surface area contributed by atoms with Gasteiger partial charge in [0.2, 0.25) is 5.90 Å². The summed E-state index contributed by atoms with van der Waals surface area (Å²) in [4.78, 5) is 19.6. The third kappa shape index (κ3) is 2.96. The maximum Gasteiger partial charge on any atom is 0.218 e. The highest BCUT2D eigenvalue weighted by Crippen LogP contribution is 2.22. The van der Waals surface area contributed by atoms with E-state index >= 15 is 0 Å². The molecule has 0 saturated carbocycles. The Labute approximate surface area is 127 Å². The number of nitrogens with one attached hydrogen (secondary N) is 2. The largest absolute Gasteiger partial charge is 0.439 e. The first kappa shape index (κ1) is 14.2. The number of ether oxygens (including phenoxy) is 1. The number of carbonyl (C=O) groups is 1. The zero-order chi connectivity index (χ0) is 15.4. The fourth-order valence-corrected chi connectivity index (χ4v) is 2.27. The first-order chi connectivity index (χ1) is 10.8. The van der Waals surface area contributed by atoms with Crippen LogP contribution in [-0.2, 0) is 0 Å². The van der Waals surface area contributed by atoms with E-state index in [1.807, 2.05) is 25.3 Å². The number of hydrogen-bond acceptors (Lipinski definition) is 6. The summed E-state index contributed by atoms with van der Waals surface area (Å²) in [7, 11) is 1.88. The lowest BCUT2D eigenvalue weighted by molar-refractivity contribution is 0.112. The summed E-state index contributed by atoms with van der Waals surface area (Å²) < 4.78 is 5.79. The van der Waals surface area contributed by atoms with E-state index in [0.717, 1.165) is 29.4 Å². The van der Waals surface area contributed by atoms with Gasteiger partial charge in [-0.3, -0.25) is 9.78 Å². The van der Waals surface area contributed by atoms with Gasteiger partial charge in [0.15, 0.2) is 6.29 Å². The fourth-order valence-electron chi connectivity index (χ4n) is 2.27. The molecular weight excluding hydrogens is 280 g/mol. The highest BCUT2D eigenvalue weighted by molar-refractivity contribution is 5.97. The molecule has 0 atom stereocenters. The van der Waals surface area contributed by atoms with Gasteiger partial charge in [-0.2, -0.15) is 0 Å². The Morgan fingerprint density at radius 2 is 2.32 bits per heavy atom. The second-order valence-corrected chi connectivity index (χ2v) is 4.83. The van der Waals surface area contributed by atoms with Crippen molar-refractivity contribution in [2.45, 2.75) is 0 Å². The number of aldehydes is 1. The summed E-state index contributed by atoms with van der Waals surface area (Å²) in [6, 6.07) is 7.15. The first-order valence-corrected chi connectivity index (χ1v) is 6.95. The molecule has 1 aromatic carbocycles. The third-order valence-corrected chi connectivity index (χ3v) is 3.30. The minimum absolute atomic E-state index is 0.490. The Morgan fingerprint density at radius 3 is 3.14 bits per heavy atom. The molecule has 112 valence electrons. The van der Waals surface area contributed by atoms with Gasteiger partial charge in [0.05, 0.1) is 5.52 Å². The second-order valence-electron chi connectivity index (χ2n) is 4.83. The van der Waals surface area contributed by atoms with Gasteiger partial charge in [-0.05, 0) is 25.2 Å². The van der Waals surface area contributed by atoms with E-state index in [4.69, 9.17) is 4.74 Å². The van der Waals surface area contributed by atoms with Crippen molar-refractivity contribution in [1.29, 1.82) is 0 Å². The van der Waals surface area contributed by atoms with E-state index in [9.17, 15) is 4.79 Å². The summed E-state index contributed by atoms with van der Waals surface area (Å²) in [5.41, 5.74) is 2.36. The van der Waals surface area contributed by atoms with E-state index in [1.165, 1.54) is 0 Å². The predicted octanol–water partition coefficient (Wildman–Crippen LogP) is 1.49. The summed E-state index contributed by atoms with van der Waals surface area (Å²) in [6.45, 7) is 1.22. The van der Waals surface area contributed by atoms with Crippen molar-refractivity contribution in [3.63, 3.8) is 0 Å². The van der Waals surface area contributed by atoms with E-state index in [2.05, 4.69) is 20.6 Å². The molecule has 0 unspecified atom stereocenters. The fraction of sp³-hybridized carbons (Fsp3) is 0.188. The average Bonchev–Trinajstić information content (AvgIpc) is 2.55. The van der Waals surface area contributed by atoms with Gasteiger partial charge < -0.3 is 15.4 Å². The molecule has 1 aliphatic heterocycles. The molecule has 0 spiro atoms. The molecule has 2 heterocycles. The predicted molar refractivity (Wildman–Crippen MR) is 85.2 cm³/mol. The summed E-state index contributed by atoms with van der Waals surface area (Å²) >= 11 is 0. The zero-order valence-electron chi connectivity index (χ0n) is 12.2. The Balaban J connectivity index is 1.85. The zero-order valence-corrected chi connectivity index (χ0v) is 12.2. The number of fused-ring (bicyclic) bond motifs is 1. The summed E-state index contributed by atoms with van der Waals surface area (Å²) in [6.07, 6.45) is 4.30. The molecule has 0 fully saturated rings. The van der Waals surface area contributed by atoms with Crippen molar-refractivity contribution < 1.29 is 9.53 Å². The Kier molecular flexibility index (Phi) is 4.11. The first-order valence-electron chi connectivity index (χ1n) is 6.95. The average molecular weight is 296 g/mol. The van der Waals surface area contributed by atoms with E-state index < -0.39 is 0 Å². The number of pyridine rings is 1. The molecule has 0 aliphatic carbocycles. The molecule has 2 aromatic rings. The molecular formula is C16H16N4O2. The highest BCUT2D eigenvalue weighted by Gasteiger charge is 2.09. The van der Waals surface area contributed by atoms with Crippen molar-refractivity contribution in [2.24, 2.45) is 4.99 Å². The standard InChI is InChI=1S/C16H16N4O2/c1-17-8-12-6-16(20-10-19-12)22-13-2-3-14-11(9-21)4-5-18-15(14)7-13/h2-7,9,17,19H,8,10H2,1H3. The maximum atomic E-state index is 11.0. The van der Waals surface area contributed by atoms with Gasteiger partial charge >= 0.3 is 0 Å². The molecule has 0 saturated heterocycles. The van der Waals surface area contributed by atoms with Crippen LogP contribution >= 0.6 is 0 Å². The number of nitrogens with zero attached hydrogens (tertiary/aromatic N) is 2. The number of carbonyl (C=O) groups excluding carboxylic acids is 1. The van der Waals surface area contributed by atoms with Crippen LogP contribution in [0.4, 0.5) is 0 Å². The van der Waals surface area contributed by atoms with Crippen molar-refractivity contribution in [2.75, 3.05) is 20.3 Å². The highest BCUT2D eigenvalue weighted by atomic mass is 16.5. The van der Waals surface area contributed by atoms with Crippen LogP contribution in [0.15, 0.2) is 47.2 Å². The Hall–Kier alpha value is -2.73. The van der Waals surface area contributed by atoms with Gasteiger partial charge in [0.25, 0.3) is 0 Å². The number of benzene rings is 1. The minimum atomic E-state index is 0.490. The van der Waals surface area contributed by atoms with Gasteiger partial charge in [-0.1, -0.05) is 0 Å². The van der Waals surface area contributed by atoms with Gasteiger partial charge in [0, 0.05) is 41.5 Å². The molecule has 22 heavy (non-hydrogen) atoms. The molecule has 0 amide bonds. The van der Waals surface area contributed by atoms with Crippen LogP contribution in [0.2, 0.25) is 0 Å². The molecule has 3 rings (SSSR count). The Morgan fingerprint density at radius 1 is 1.41 bits per heavy atom. The summed E-state index contributed by atoms with van der Waals surface area (Å²) in [5, 5.41) is 7.04. The lowest BCUT2D eigenvalue weighted by Gasteiger charge is -2.15. The van der Waals surface area contributed by atoms with E-state index in [0.29, 0.717) is 23.9 Å². The van der Waals surface area contributed by atoms with Crippen molar-refractivity contribution in [1.82, 2.24) is 15.6 Å². The topological polar surface area (TPSA) is 75.6 Å². The molecule has 6 nitrogen and oxygen atoms in total. The second kappa shape index (κ2) is 6.36. The third-order valence-electron chi connectivity index (χ3n) is 3.30. The SMILES string of the molecule is CNCC1=CC(Oc2ccc3c(C=O)ccnc3c2)=NCN1. The Bertz CT molecular complexity index is 768. The van der Waals surface area contributed by atoms with Crippen LogP contribution in [0, 0.1) is 0 Å². The summed E-state index contributed by atoms with van der Waals surface area (Å²) in [5.74, 6) is 1.19. The monoisotopic (exact) mass is 296 g/mol. The quantitative estimate of drug-likeness (QED) is 0.836. The molecule has 1 aromatic heterocycles. The minimum Gasteiger partial charge on any atom is -0.439 e. The number of rotatable bonds is 4. The lowest BCUT2D eigenvalue weighted by Crippen LogP contribution is -2.28. The smallest absolute Gasteiger partial charge is 0.218 e. The van der Waals surface area contributed by atoms with Crippen molar-refractivity contribution in [3.8, 4) is 5.75 Å². The molecule has 0 radical (unpaired) electrons. The van der Waals surface area contributed by atoms with Crippen LogP contribution < -0.4 is 15.4 Å². The van der Waals surface area contributed by atoms with Gasteiger partial charge in [-0.15, -0.1) is 0 Å². The molecule has 2 N–H and O–H groups in total. The van der Waals surface area contributed by atoms with Crippen LogP contribution in [0.5, 0.6) is 5.75 Å². The van der Waals surface area contributed by atoms with E-state index in [-0.39, 0.29) is 0 Å².